The lowest BCUT2D eigenvalue weighted by Gasteiger charge is -2.14. The Kier molecular flexibility index (Phi) is 3.35. The van der Waals surface area contributed by atoms with E-state index in [4.69, 9.17) is 0 Å². The van der Waals surface area contributed by atoms with Gasteiger partial charge in [-0.1, -0.05) is 12.1 Å². The SMILES string of the molecule is Fc1cccc2c1CCC2NOCC(F)(F)F. The Hall–Kier alpha value is -1.14. The molecular weight excluding hydrogens is 238 g/mol. The summed E-state index contributed by atoms with van der Waals surface area (Å²) in [5.74, 6) is -0.317. The smallest absolute Gasteiger partial charge is 0.292 e. The second-order valence-electron chi connectivity index (χ2n) is 3.92. The van der Waals surface area contributed by atoms with Crippen LogP contribution in [0, 0.1) is 5.82 Å². The lowest BCUT2D eigenvalue weighted by atomic mass is 10.1. The average Bonchev–Trinajstić information content (AvgIpc) is 2.61. The fourth-order valence-electron chi connectivity index (χ4n) is 1.96. The molecule has 94 valence electrons. The molecule has 0 fully saturated rings. The molecule has 1 unspecified atom stereocenters. The Balaban J connectivity index is 1.96. The zero-order valence-electron chi connectivity index (χ0n) is 8.85. The van der Waals surface area contributed by atoms with E-state index in [-0.39, 0.29) is 11.9 Å². The van der Waals surface area contributed by atoms with Crippen molar-refractivity contribution in [2.75, 3.05) is 6.61 Å². The summed E-state index contributed by atoms with van der Waals surface area (Å²) in [6.45, 7) is -1.35. The Morgan fingerprint density at radius 1 is 1.35 bits per heavy atom. The van der Waals surface area contributed by atoms with Crippen LogP contribution >= 0.6 is 0 Å². The summed E-state index contributed by atoms with van der Waals surface area (Å²) in [6.07, 6.45) is -3.32. The molecule has 1 N–H and O–H groups in total. The van der Waals surface area contributed by atoms with Crippen molar-refractivity contribution < 1.29 is 22.4 Å². The monoisotopic (exact) mass is 249 g/mol. The lowest BCUT2D eigenvalue weighted by molar-refractivity contribution is -0.193. The molecule has 0 saturated heterocycles. The zero-order chi connectivity index (χ0) is 12.5. The van der Waals surface area contributed by atoms with Crippen molar-refractivity contribution >= 4 is 0 Å². The lowest BCUT2D eigenvalue weighted by Crippen LogP contribution is -2.27. The maximum Gasteiger partial charge on any atom is 0.413 e. The predicted molar refractivity (Wildman–Crippen MR) is 52.6 cm³/mol. The first-order chi connectivity index (χ1) is 7.97. The number of hydrogen-bond acceptors (Lipinski definition) is 2. The number of halogens is 4. The standard InChI is InChI=1S/C11H11F4NO/c12-9-3-1-2-8-7(9)4-5-10(8)16-17-6-11(13,14)15/h1-3,10,16H,4-6H2. The average molecular weight is 249 g/mol. The molecule has 0 aromatic heterocycles. The van der Waals surface area contributed by atoms with E-state index in [1.165, 1.54) is 12.1 Å². The maximum atomic E-state index is 13.3. The van der Waals surface area contributed by atoms with E-state index < -0.39 is 12.8 Å². The van der Waals surface area contributed by atoms with Crippen molar-refractivity contribution in [3.8, 4) is 0 Å². The third kappa shape index (κ3) is 2.95. The molecule has 0 bridgehead atoms. The predicted octanol–water partition coefficient (Wildman–Crippen LogP) is 2.90. The van der Waals surface area contributed by atoms with Crippen LogP contribution in [0.5, 0.6) is 0 Å². The van der Waals surface area contributed by atoms with Crippen molar-refractivity contribution in [1.29, 1.82) is 0 Å². The van der Waals surface area contributed by atoms with Crippen molar-refractivity contribution in [3.63, 3.8) is 0 Å². The fourth-order valence-corrected chi connectivity index (χ4v) is 1.96. The third-order valence-electron chi connectivity index (χ3n) is 2.67. The van der Waals surface area contributed by atoms with Gasteiger partial charge in [-0.2, -0.15) is 18.7 Å². The van der Waals surface area contributed by atoms with Gasteiger partial charge in [-0.25, -0.2) is 4.39 Å². The maximum absolute atomic E-state index is 13.3. The number of alkyl halides is 3. The number of nitrogens with one attached hydrogen (secondary N) is 1. The first-order valence-corrected chi connectivity index (χ1v) is 5.19. The molecule has 1 aromatic carbocycles. The van der Waals surface area contributed by atoms with Crippen LogP contribution in [0.1, 0.15) is 23.6 Å². The number of hydrogen-bond donors (Lipinski definition) is 1. The minimum atomic E-state index is -4.36. The van der Waals surface area contributed by atoms with Crippen LogP contribution in [-0.2, 0) is 11.3 Å². The topological polar surface area (TPSA) is 21.3 Å². The number of benzene rings is 1. The molecule has 0 amide bonds. The summed E-state index contributed by atoms with van der Waals surface area (Å²) < 4.78 is 48.9. The highest BCUT2D eigenvalue weighted by Gasteiger charge is 2.30. The van der Waals surface area contributed by atoms with Crippen LogP contribution in [0.3, 0.4) is 0 Å². The second-order valence-corrected chi connectivity index (χ2v) is 3.92. The number of hydroxylamine groups is 1. The van der Waals surface area contributed by atoms with Gasteiger partial charge in [-0.15, -0.1) is 0 Å². The van der Waals surface area contributed by atoms with E-state index in [2.05, 4.69) is 10.3 Å². The molecule has 2 nitrogen and oxygen atoms in total. The van der Waals surface area contributed by atoms with Crippen molar-refractivity contribution in [2.24, 2.45) is 0 Å². The van der Waals surface area contributed by atoms with Crippen LogP contribution < -0.4 is 5.48 Å². The Bertz CT molecular complexity index is 405. The molecule has 0 spiro atoms. The molecule has 0 saturated carbocycles. The minimum Gasteiger partial charge on any atom is -0.292 e. The van der Waals surface area contributed by atoms with Gasteiger partial charge in [0.25, 0.3) is 0 Å². The molecule has 0 heterocycles. The van der Waals surface area contributed by atoms with Crippen LogP contribution in [0.25, 0.3) is 0 Å². The summed E-state index contributed by atoms with van der Waals surface area (Å²) in [5, 5.41) is 0. The molecule has 1 aromatic rings. The van der Waals surface area contributed by atoms with Gasteiger partial charge in [0.1, 0.15) is 5.82 Å². The molecule has 0 aliphatic heterocycles. The van der Waals surface area contributed by atoms with Gasteiger partial charge in [0.2, 0.25) is 0 Å². The quantitative estimate of drug-likeness (QED) is 0.657. The van der Waals surface area contributed by atoms with E-state index >= 15 is 0 Å². The largest absolute Gasteiger partial charge is 0.413 e. The highest BCUT2D eigenvalue weighted by molar-refractivity contribution is 5.35. The Morgan fingerprint density at radius 3 is 2.82 bits per heavy atom. The van der Waals surface area contributed by atoms with Crippen LogP contribution in [0.4, 0.5) is 17.6 Å². The van der Waals surface area contributed by atoms with Gasteiger partial charge in [-0.3, -0.25) is 4.84 Å². The van der Waals surface area contributed by atoms with Crippen LogP contribution in [0.2, 0.25) is 0 Å². The molecule has 0 radical (unpaired) electrons. The van der Waals surface area contributed by atoms with Gasteiger partial charge < -0.3 is 0 Å². The summed E-state index contributed by atoms with van der Waals surface area (Å²) in [7, 11) is 0. The first kappa shape index (κ1) is 12.3. The zero-order valence-corrected chi connectivity index (χ0v) is 8.85. The summed E-state index contributed by atoms with van der Waals surface area (Å²) in [4.78, 5) is 4.38. The normalized spacial score (nSPS) is 19.4. The van der Waals surface area contributed by atoms with Crippen molar-refractivity contribution in [1.82, 2.24) is 5.48 Å². The highest BCUT2D eigenvalue weighted by Crippen LogP contribution is 2.32. The molecular formula is C11H11F4NO. The Labute approximate surface area is 95.5 Å². The summed E-state index contributed by atoms with van der Waals surface area (Å²) >= 11 is 0. The van der Waals surface area contributed by atoms with E-state index in [1.807, 2.05) is 0 Å². The van der Waals surface area contributed by atoms with Gasteiger partial charge in [-0.05, 0) is 30.0 Å². The Morgan fingerprint density at radius 2 is 2.12 bits per heavy atom. The van der Waals surface area contributed by atoms with E-state index in [9.17, 15) is 17.6 Å². The fraction of sp³-hybridized carbons (Fsp3) is 0.455. The summed E-state index contributed by atoms with van der Waals surface area (Å²) in [5.41, 5.74) is 3.56. The van der Waals surface area contributed by atoms with E-state index in [0.29, 0.717) is 24.0 Å². The number of fused-ring (bicyclic) bond motifs is 1. The van der Waals surface area contributed by atoms with E-state index in [1.54, 1.807) is 6.07 Å². The van der Waals surface area contributed by atoms with Gasteiger partial charge in [0.15, 0.2) is 6.61 Å². The third-order valence-corrected chi connectivity index (χ3v) is 2.67. The molecule has 1 aliphatic carbocycles. The molecule has 1 atom stereocenters. The van der Waals surface area contributed by atoms with E-state index in [0.717, 1.165) is 0 Å². The van der Waals surface area contributed by atoms with Crippen molar-refractivity contribution in [2.45, 2.75) is 25.1 Å². The minimum absolute atomic E-state index is 0.317. The van der Waals surface area contributed by atoms with Gasteiger partial charge in [0.05, 0.1) is 6.04 Å². The van der Waals surface area contributed by atoms with Gasteiger partial charge >= 0.3 is 6.18 Å². The molecule has 1 aliphatic rings. The highest BCUT2D eigenvalue weighted by atomic mass is 19.4. The summed E-state index contributed by atoms with van der Waals surface area (Å²) in [6, 6.07) is 4.21. The van der Waals surface area contributed by atoms with Gasteiger partial charge in [0, 0.05) is 0 Å². The second kappa shape index (κ2) is 4.62. The van der Waals surface area contributed by atoms with Crippen molar-refractivity contribution in [3.05, 3.63) is 35.1 Å². The first-order valence-electron chi connectivity index (χ1n) is 5.19. The molecule has 17 heavy (non-hydrogen) atoms. The molecule has 6 heteroatoms. The van der Waals surface area contributed by atoms with Crippen LogP contribution in [0.15, 0.2) is 18.2 Å². The molecule has 2 rings (SSSR count). The number of rotatable bonds is 3. The van der Waals surface area contributed by atoms with Crippen LogP contribution in [-0.4, -0.2) is 12.8 Å².